The Morgan fingerprint density at radius 1 is 1.22 bits per heavy atom. The summed E-state index contributed by atoms with van der Waals surface area (Å²) in [6.45, 7) is 5.02. The van der Waals surface area contributed by atoms with Crippen LogP contribution in [-0.2, 0) is 19.4 Å². The average Bonchev–Trinajstić information content (AvgIpc) is 3.25. The lowest BCUT2D eigenvalue weighted by molar-refractivity contribution is 0.1000. The molecule has 3 nitrogen and oxygen atoms in total. The minimum Gasteiger partial charge on any atom is -0.366 e. The van der Waals surface area contributed by atoms with Crippen LogP contribution in [0.1, 0.15) is 33.5 Å². The number of hydrogen-bond acceptors (Lipinski definition) is 3. The van der Waals surface area contributed by atoms with Crippen molar-refractivity contribution >= 4 is 28.6 Å². The number of thiophene rings is 2. The Hall–Kier alpha value is -1.85. The van der Waals surface area contributed by atoms with Crippen LogP contribution >= 0.6 is 22.7 Å². The third-order valence-electron chi connectivity index (χ3n) is 4.14. The first-order valence-corrected chi connectivity index (χ1v) is 9.47. The Morgan fingerprint density at radius 3 is 2.52 bits per heavy atom. The van der Waals surface area contributed by atoms with Crippen molar-refractivity contribution in [2.24, 2.45) is 5.73 Å². The van der Waals surface area contributed by atoms with Gasteiger partial charge in [0.25, 0.3) is 5.91 Å². The summed E-state index contributed by atoms with van der Waals surface area (Å²) in [7, 11) is 0. The maximum atomic E-state index is 12.1. The molecule has 0 saturated heterocycles. The first-order valence-electron chi connectivity index (χ1n) is 7.71. The molecule has 3 rings (SSSR count). The van der Waals surface area contributed by atoms with Crippen LogP contribution in [0.2, 0.25) is 0 Å². The predicted molar refractivity (Wildman–Crippen MR) is 98.4 cm³/mol. The van der Waals surface area contributed by atoms with Crippen molar-refractivity contribution < 1.29 is 4.79 Å². The molecule has 0 aromatic carbocycles. The van der Waals surface area contributed by atoms with E-state index in [0.717, 1.165) is 35.5 Å². The lowest BCUT2D eigenvalue weighted by Gasteiger charge is -2.11. The predicted octanol–water partition coefficient (Wildman–Crippen LogP) is 4.49. The summed E-state index contributed by atoms with van der Waals surface area (Å²) >= 11 is 3.43. The number of carbonyl (C=O) groups excluding carboxylic acids is 1. The molecule has 0 atom stereocenters. The highest BCUT2D eigenvalue weighted by Gasteiger charge is 2.24. The van der Waals surface area contributed by atoms with Gasteiger partial charge in [0.05, 0.1) is 5.56 Å². The SMILES string of the molecule is CCc1c(-c2cccs2)c(C(N)=O)c(C)n1CCc1cccs1. The molecule has 0 fully saturated rings. The Labute approximate surface area is 144 Å². The zero-order chi connectivity index (χ0) is 16.4. The van der Waals surface area contributed by atoms with Gasteiger partial charge in [-0.3, -0.25) is 4.79 Å². The molecule has 0 aliphatic carbocycles. The Kier molecular flexibility index (Phi) is 4.68. The summed E-state index contributed by atoms with van der Waals surface area (Å²) in [4.78, 5) is 14.5. The van der Waals surface area contributed by atoms with Crippen LogP contribution in [-0.4, -0.2) is 10.5 Å². The number of primary amides is 1. The van der Waals surface area contributed by atoms with E-state index in [9.17, 15) is 4.79 Å². The van der Waals surface area contributed by atoms with Gasteiger partial charge in [-0.1, -0.05) is 19.1 Å². The molecule has 0 saturated carbocycles. The van der Waals surface area contributed by atoms with E-state index in [0.29, 0.717) is 5.56 Å². The van der Waals surface area contributed by atoms with E-state index >= 15 is 0 Å². The topological polar surface area (TPSA) is 48.0 Å². The Balaban J connectivity index is 2.08. The highest BCUT2D eigenvalue weighted by Crippen LogP contribution is 2.36. The Morgan fingerprint density at radius 2 is 1.96 bits per heavy atom. The molecule has 3 aromatic rings. The highest BCUT2D eigenvalue weighted by molar-refractivity contribution is 7.13. The van der Waals surface area contributed by atoms with Gasteiger partial charge in [0.15, 0.2) is 0 Å². The van der Waals surface area contributed by atoms with Crippen LogP contribution in [0.3, 0.4) is 0 Å². The molecule has 23 heavy (non-hydrogen) atoms. The van der Waals surface area contributed by atoms with E-state index in [1.54, 1.807) is 22.7 Å². The molecule has 120 valence electrons. The average molecular weight is 345 g/mol. The van der Waals surface area contributed by atoms with E-state index in [2.05, 4.69) is 35.1 Å². The van der Waals surface area contributed by atoms with Gasteiger partial charge in [-0.05, 0) is 42.7 Å². The van der Waals surface area contributed by atoms with Gasteiger partial charge in [-0.2, -0.15) is 0 Å². The van der Waals surface area contributed by atoms with Crippen LogP contribution < -0.4 is 5.73 Å². The molecular weight excluding hydrogens is 324 g/mol. The highest BCUT2D eigenvalue weighted by atomic mass is 32.1. The molecular formula is C18H20N2OS2. The third-order valence-corrected chi connectivity index (χ3v) is 5.97. The quantitative estimate of drug-likeness (QED) is 0.703. The molecule has 0 spiro atoms. The largest absolute Gasteiger partial charge is 0.366 e. The van der Waals surface area contributed by atoms with Gasteiger partial charge >= 0.3 is 0 Å². The number of rotatable bonds is 6. The van der Waals surface area contributed by atoms with Crippen molar-refractivity contribution in [2.75, 3.05) is 0 Å². The minimum absolute atomic E-state index is 0.338. The van der Waals surface area contributed by atoms with E-state index in [-0.39, 0.29) is 5.91 Å². The van der Waals surface area contributed by atoms with Gasteiger partial charge in [0.1, 0.15) is 0 Å². The first kappa shape index (κ1) is 16.0. The number of hydrogen-bond donors (Lipinski definition) is 1. The van der Waals surface area contributed by atoms with E-state index < -0.39 is 0 Å². The third kappa shape index (κ3) is 2.99. The zero-order valence-corrected chi connectivity index (χ0v) is 15.0. The molecule has 0 radical (unpaired) electrons. The van der Waals surface area contributed by atoms with Gasteiger partial charge in [0.2, 0.25) is 0 Å². The number of nitrogens with two attached hydrogens (primary N) is 1. The molecule has 3 aromatic heterocycles. The molecule has 0 unspecified atom stereocenters. The van der Waals surface area contributed by atoms with E-state index in [4.69, 9.17) is 5.73 Å². The van der Waals surface area contributed by atoms with Crippen LogP contribution in [0.15, 0.2) is 35.0 Å². The van der Waals surface area contributed by atoms with Crippen LogP contribution in [0.25, 0.3) is 10.4 Å². The van der Waals surface area contributed by atoms with Crippen molar-refractivity contribution in [1.82, 2.24) is 4.57 Å². The summed E-state index contributed by atoms with van der Waals surface area (Å²) < 4.78 is 2.27. The fraction of sp³-hybridized carbons (Fsp3) is 0.278. The number of aryl methyl sites for hydroxylation is 1. The standard InChI is InChI=1S/C18H20N2OS2/c1-3-14-17(15-7-5-11-23-15)16(18(19)21)12(2)20(14)9-8-13-6-4-10-22-13/h4-7,10-11H,3,8-9H2,1-2H3,(H2,19,21). The normalized spacial score (nSPS) is 11.0. The number of amides is 1. The Bertz CT molecular complexity index is 799. The second-order valence-electron chi connectivity index (χ2n) is 5.46. The van der Waals surface area contributed by atoms with Crippen LogP contribution in [0.4, 0.5) is 0 Å². The maximum absolute atomic E-state index is 12.1. The van der Waals surface area contributed by atoms with Crippen molar-refractivity contribution in [3.63, 3.8) is 0 Å². The molecule has 1 amide bonds. The van der Waals surface area contributed by atoms with Gasteiger partial charge in [0, 0.05) is 33.3 Å². The summed E-state index contributed by atoms with van der Waals surface area (Å²) in [5, 5.41) is 4.14. The molecule has 0 bridgehead atoms. The fourth-order valence-corrected chi connectivity index (χ4v) is 4.63. The molecule has 0 aliphatic rings. The lowest BCUT2D eigenvalue weighted by atomic mass is 10.1. The van der Waals surface area contributed by atoms with Gasteiger partial charge in [-0.15, -0.1) is 22.7 Å². The van der Waals surface area contributed by atoms with Gasteiger partial charge in [-0.25, -0.2) is 0 Å². The number of aromatic nitrogens is 1. The number of carbonyl (C=O) groups is 1. The second-order valence-corrected chi connectivity index (χ2v) is 7.44. The smallest absolute Gasteiger partial charge is 0.251 e. The summed E-state index contributed by atoms with van der Waals surface area (Å²) in [6, 6.07) is 8.32. The molecule has 5 heteroatoms. The fourth-order valence-electron chi connectivity index (χ4n) is 3.13. The lowest BCUT2D eigenvalue weighted by Crippen LogP contribution is -2.13. The van der Waals surface area contributed by atoms with Crippen molar-refractivity contribution in [3.8, 4) is 10.4 Å². The van der Waals surface area contributed by atoms with Gasteiger partial charge < -0.3 is 10.3 Å². The molecule has 3 heterocycles. The maximum Gasteiger partial charge on any atom is 0.251 e. The number of nitrogens with zero attached hydrogens (tertiary/aromatic N) is 1. The zero-order valence-electron chi connectivity index (χ0n) is 13.3. The van der Waals surface area contributed by atoms with E-state index in [1.165, 1.54) is 10.6 Å². The minimum atomic E-state index is -0.338. The first-order chi connectivity index (χ1) is 11.1. The molecule has 0 aliphatic heterocycles. The summed E-state index contributed by atoms with van der Waals surface area (Å²) in [6.07, 6.45) is 1.86. The molecule has 2 N–H and O–H groups in total. The second kappa shape index (κ2) is 6.72. The summed E-state index contributed by atoms with van der Waals surface area (Å²) in [5.74, 6) is -0.338. The van der Waals surface area contributed by atoms with Crippen molar-refractivity contribution in [2.45, 2.75) is 33.2 Å². The van der Waals surface area contributed by atoms with Crippen molar-refractivity contribution in [1.29, 1.82) is 0 Å². The monoisotopic (exact) mass is 344 g/mol. The van der Waals surface area contributed by atoms with Crippen LogP contribution in [0.5, 0.6) is 0 Å². The van der Waals surface area contributed by atoms with Crippen LogP contribution in [0, 0.1) is 6.92 Å². The van der Waals surface area contributed by atoms with E-state index in [1.807, 2.05) is 18.4 Å². The van der Waals surface area contributed by atoms with Crippen molar-refractivity contribution in [3.05, 3.63) is 56.9 Å². The summed E-state index contributed by atoms with van der Waals surface area (Å²) in [5.41, 5.74) is 9.59.